The molecule has 1 fully saturated rings. The van der Waals surface area contributed by atoms with Crippen molar-refractivity contribution in [2.24, 2.45) is 0 Å². The highest BCUT2D eigenvalue weighted by atomic mass is 35.5. The van der Waals surface area contributed by atoms with Crippen LogP contribution in [0.2, 0.25) is 5.02 Å². The summed E-state index contributed by atoms with van der Waals surface area (Å²) in [5.41, 5.74) is 2.52. The second-order valence-corrected chi connectivity index (χ2v) is 9.47. The zero-order chi connectivity index (χ0) is 21.9. The highest BCUT2D eigenvalue weighted by Gasteiger charge is 2.16. The Kier molecular flexibility index (Phi) is 6.26. The van der Waals surface area contributed by atoms with Gasteiger partial charge in [0.2, 0.25) is 5.91 Å². The van der Waals surface area contributed by atoms with Crippen LogP contribution in [0.25, 0.3) is 15.9 Å². The van der Waals surface area contributed by atoms with E-state index in [-0.39, 0.29) is 11.7 Å². The molecule has 0 aliphatic carbocycles. The second kappa shape index (κ2) is 9.45. The van der Waals surface area contributed by atoms with Gasteiger partial charge in [-0.15, -0.1) is 10.2 Å². The first-order valence-electron chi connectivity index (χ1n) is 9.97. The number of carbonyl (C=O) groups is 1. The summed E-state index contributed by atoms with van der Waals surface area (Å²) in [4.78, 5) is 19.5. The third-order valence-electron chi connectivity index (χ3n) is 4.88. The Hall–Kier alpha value is -2.66. The van der Waals surface area contributed by atoms with Crippen LogP contribution in [0, 0.1) is 0 Å². The number of thioether (sulfide) groups is 1. The molecule has 32 heavy (non-hydrogen) atoms. The number of aromatic nitrogens is 4. The van der Waals surface area contributed by atoms with Crippen LogP contribution in [-0.2, 0) is 9.53 Å². The molecular weight excluding hydrogens is 468 g/mol. The molecule has 11 heteroatoms. The van der Waals surface area contributed by atoms with E-state index < -0.39 is 0 Å². The van der Waals surface area contributed by atoms with E-state index in [1.54, 1.807) is 28.3 Å². The average molecular weight is 487 g/mol. The van der Waals surface area contributed by atoms with E-state index in [4.69, 9.17) is 21.3 Å². The van der Waals surface area contributed by atoms with Crippen LogP contribution >= 0.6 is 34.7 Å². The van der Waals surface area contributed by atoms with E-state index >= 15 is 0 Å². The first kappa shape index (κ1) is 21.2. The van der Waals surface area contributed by atoms with Crippen molar-refractivity contribution in [1.29, 1.82) is 0 Å². The number of hydrogen-bond acceptors (Lipinski definition) is 8. The number of hydrogen-bond donors (Lipinski definition) is 1. The highest BCUT2D eigenvalue weighted by Crippen LogP contribution is 2.31. The average Bonchev–Trinajstić information content (AvgIpc) is 3.45. The Bertz CT molecular complexity index is 1250. The fourth-order valence-electron chi connectivity index (χ4n) is 3.33. The summed E-state index contributed by atoms with van der Waals surface area (Å²) >= 11 is 9.02. The summed E-state index contributed by atoms with van der Waals surface area (Å²) in [6, 6.07) is 13.2. The Labute approximate surface area is 197 Å². The van der Waals surface area contributed by atoms with Crippen LogP contribution in [0.3, 0.4) is 0 Å². The normalized spacial score (nSPS) is 14.1. The molecule has 1 aliphatic rings. The SMILES string of the molecule is O=C(CSc1nncn1-c1cccc(Cl)c1)Nc1ccc2nc(N3CCOCC3)sc2c1. The number of ether oxygens (including phenoxy) is 1. The maximum atomic E-state index is 12.6. The predicted octanol–water partition coefficient (Wildman–Crippen LogP) is 4.10. The highest BCUT2D eigenvalue weighted by molar-refractivity contribution is 7.99. The molecule has 2 aromatic carbocycles. The maximum absolute atomic E-state index is 12.6. The van der Waals surface area contributed by atoms with E-state index in [1.165, 1.54) is 11.8 Å². The Morgan fingerprint density at radius 1 is 1.22 bits per heavy atom. The fourth-order valence-corrected chi connectivity index (χ4v) is 5.30. The van der Waals surface area contributed by atoms with Crippen molar-refractivity contribution in [3.8, 4) is 5.69 Å². The van der Waals surface area contributed by atoms with Crippen LogP contribution in [0.4, 0.5) is 10.8 Å². The van der Waals surface area contributed by atoms with Crippen LogP contribution in [0.5, 0.6) is 0 Å². The van der Waals surface area contributed by atoms with Crippen molar-refractivity contribution >= 4 is 61.6 Å². The maximum Gasteiger partial charge on any atom is 0.234 e. The van der Waals surface area contributed by atoms with Crippen LogP contribution < -0.4 is 10.2 Å². The standard InChI is InChI=1S/C21H19ClN6O2S2/c22-14-2-1-3-16(10-14)28-13-23-26-21(28)31-12-19(29)24-15-4-5-17-18(11-15)32-20(25-17)27-6-8-30-9-7-27/h1-5,10-11,13H,6-9,12H2,(H,24,29). The van der Waals surface area contributed by atoms with Crippen molar-refractivity contribution in [2.45, 2.75) is 5.16 Å². The lowest BCUT2D eigenvalue weighted by molar-refractivity contribution is -0.113. The molecule has 0 saturated carbocycles. The van der Waals surface area contributed by atoms with Gasteiger partial charge >= 0.3 is 0 Å². The molecule has 0 spiro atoms. The van der Waals surface area contributed by atoms with Gasteiger partial charge in [0.05, 0.1) is 34.9 Å². The van der Waals surface area contributed by atoms with Gasteiger partial charge in [0.15, 0.2) is 10.3 Å². The number of halogens is 1. The van der Waals surface area contributed by atoms with Crippen molar-refractivity contribution in [1.82, 2.24) is 19.7 Å². The van der Waals surface area contributed by atoms with Gasteiger partial charge in [0, 0.05) is 23.8 Å². The van der Waals surface area contributed by atoms with Gasteiger partial charge in [-0.25, -0.2) is 4.98 Å². The Morgan fingerprint density at radius 2 is 2.09 bits per heavy atom. The van der Waals surface area contributed by atoms with Crippen molar-refractivity contribution in [3.05, 3.63) is 53.8 Å². The van der Waals surface area contributed by atoms with Crippen LogP contribution in [0.15, 0.2) is 53.9 Å². The molecule has 0 atom stereocenters. The minimum Gasteiger partial charge on any atom is -0.378 e. The molecule has 4 aromatic rings. The van der Waals surface area contributed by atoms with Gasteiger partial charge in [-0.2, -0.15) is 0 Å². The molecule has 0 radical (unpaired) electrons. The van der Waals surface area contributed by atoms with Gasteiger partial charge in [-0.3, -0.25) is 9.36 Å². The monoisotopic (exact) mass is 486 g/mol. The summed E-state index contributed by atoms with van der Waals surface area (Å²) in [7, 11) is 0. The molecule has 5 rings (SSSR count). The molecule has 1 N–H and O–H groups in total. The molecule has 1 saturated heterocycles. The summed E-state index contributed by atoms with van der Waals surface area (Å²) in [5.74, 6) is 0.0897. The zero-order valence-electron chi connectivity index (χ0n) is 16.9. The number of benzene rings is 2. The predicted molar refractivity (Wildman–Crippen MR) is 128 cm³/mol. The van der Waals surface area contributed by atoms with E-state index in [2.05, 4.69) is 20.4 Å². The number of carbonyl (C=O) groups excluding carboxylic acids is 1. The number of nitrogens with one attached hydrogen (secondary N) is 1. The van der Waals surface area contributed by atoms with Crippen LogP contribution in [0.1, 0.15) is 0 Å². The van der Waals surface area contributed by atoms with E-state index in [0.29, 0.717) is 10.2 Å². The van der Waals surface area contributed by atoms with Gasteiger partial charge in [-0.05, 0) is 36.4 Å². The number of amides is 1. The number of rotatable bonds is 6. The molecule has 8 nitrogen and oxygen atoms in total. The molecule has 2 aromatic heterocycles. The lowest BCUT2D eigenvalue weighted by Crippen LogP contribution is -2.36. The van der Waals surface area contributed by atoms with Crippen molar-refractivity contribution < 1.29 is 9.53 Å². The molecular formula is C21H19ClN6O2S2. The fraction of sp³-hybridized carbons (Fsp3) is 0.238. The van der Waals surface area contributed by atoms with E-state index in [1.807, 2.05) is 36.4 Å². The number of nitrogens with zero attached hydrogens (tertiary/aromatic N) is 5. The molecule has 3 heterocycles. The Balaban J connectivity index is 1.23. The molecule has 0 bridgehead atoms. The molecule has 0 unspecified atom stereocenters. The van der Waals surface area contributed by atoms with Gasteiger partial charge in [-0.1, -0.05) is 40.8 Å². The van der Waals surface area contributed by atoms with Crippen LogP contribution in [-0.4, -0.2) is 57.7 Å². The Morgan fingerprint density at radius 3 is 2.94 bits per heavy atom. The largest absolute Gasteiger partial charge is 0.378 e. The third-order valence-corrected chi connectivity index (χ3v) is 7.13. The summed E-state index contributed by atoms with van der Waals surface area (Å²) in [5, 5.41) is 13.3. The van der Waals surface area contributed by atoms with E-state index in [9.17, 15) is 4.79 Å². The number of anilines is 2. The van der Waals surface area contributed by atoms with Gasteiger partial charge in [0.25, 0.3) is 0 Å². The first-order chi connectivity index (χ1) is 15.7. The number of thiazole rings is 1. The number of fused-ring (bicyclic) bond motifs is 1. The lowest BCUT2D eigenvalue weighted by atomic mass is 10.3. The zero-order valence-corrected chi connectivity index (χ0v) is 19.3. The van der Waals surface area contributed by atoms with Gasteiger partial charge in [0.1, 0.15) is 6.33 Å². The minimum absolute atomic E-state index is 0.118. The molecule has 1 amide bonds. The molecule has 164 valence electrons. The smallest absolute Gasteiger partial charge is 0.234 e. The number of morpholine rings is 1. The second-order valence-electron chi connectivity index (χ2n) is 7.08. The quantitative estimate of drug-likeness (QED) is 0.411. The first-order valence-corrected chi connectivity index (χ1v) is 12.2. The van der Waals surface area contributed by atoms with Crippen molar-refractivity contribution in [2.75, 3.05) is 42.3 Å². The third kappa shape index (κ3) is 4.73. The van der Waals surface area contributed by atoms with Crippen molar-refractivity contribution in [3.63, 3.8) is 0 Å². The summed E-state index contributed by atoms with van der Waals surface area (Å²) in [6.07, 6.45) is 1.61. The lowest BCUT2D eigenvalue weighted by Gasteiger charge is -2.25. The topological polar surface area (TPSA) is 85.2 Å². The van der Waals surface area contributed by atoms with E-state index in [0.717, 1.165) is 53.0 Å². The minimum atomic E-state index is -0.118. The summed E-state index contributed by atoms with van der Waals surface area (Å²) in [6.45, 7) is 3.14. The molecule has 1 aliphatic heterocycles. The summed E-state index contributed by atoms with van der Waals surface area (Å²) < 4.78 is 8.26. The van der Waals surface area contributed by atoms with Gasteiger partial charge < -0.3 is 15.0 Å².